The second-order valence-electron chi connectivity index (χ2n) is 5.05. The van der Waals surface area contributed by atoms with Crippen LogP contribution in [0.1, 0.15) is 24.2 Å². The fourth-order valence-corrected chi connectivity index (χ4v) is 1.76. The number of methoxy groups -OCH3 is 1. The van der Waals surface area contributed by atoms with E-state index in [1.807, 2.05) is 25.1 Å². The summed E-state index contributed by atoms with van der Waals surface area (Å²) < 4.78 is 5.21. The van der Waals surface area contributed by atoms with Crippen molar-refractivity contribution in [3.8, 4) is 5.75 Å². The van der Waals surface area contributed by atoms with Crippen molar-refractivity contribution in [3.05, 3.63) is 29.3 Å². The van der Waals surface area contributed by atoms with Crippen LogP contribution in [0.15, 0.2) is 18.2 Å². The lowest BCUT2D eigenvalue weighted by Crippen LogP contribution is -2.42. The predicted octanol–water partition coefficient (Wildman–Crippen LogP) is 0.370. The van der Waals surface area contributed by atoms with Crippen LogP contribution in [0, 0.1) is 6.92 Å². The van der Waals surface area contributed by atoms with Gasteiger partial charge in [-0.1, -0.05) is 11.6 Å². The van der Waals surface area contributed by atoms with Crippen molar-refractivity contribution in [1.82, 2.24) is 5.32 Å². The molecule has 1 rings (SSSR count). The molecule has 19 heavy (non-hydrogen) atoms. The first-order valence-electron chi connectivity index (χ1n) is 6.26. The van der Waals surface area contributed by atoms with E-state index in [9.17, 15) is 10.2 Å². The van der Waals surface area contributed by atoms with E-state index in [-0.39, 0.29) is 19.7 Å². The van der Waals surface area contributed by atoms with Crippen LogP contribution in [0.2, 0.25) is 0 Å². The molecular formula is C14H23NO4. The van der Waals surface area contributed by atoms with Gasteiger partial charge in [0, 0.05) is 18.7 Å². The summed E-state index contributed by atoms with van der Waals surface area (Å²) in [7, 11) is 1.56. The average molecular weight is 269 g/mol. The molecule has 0 aromatic heterocycles. The number of nitrogens with one attached hydrogen (secondary N) is 1. The third-order valence-corrected chi connectivity index (χ3v) is 2.93. The number of aliphatic hydroxyl groups excluding tert-OH is 2. The number of rotatable bonds is 7. The summed E-state index contributed by atoms with van der Waals surface area (Å²) in [5.74, 6) is 0.633. The summed E-state index contributed by atoms with van der Waals surface area (Å²) in [6.07, 6.45) is -0.732. The zero-order valence-corrected chi connectivity index (χ0v) is 11.7. The van der Waals surface area contributed by atoms with Gasteiger partial charge in [-0.05, 0) is 26.0 Å². The number of benzene rings is 1. The van der Waals surface area contributed by atoms with Gasteiger partial charge in [0.15, 0.2) is 0 Å². The molecule has 5 nitrogen and oxygen atoms in total. The molecule has 0 spiro atoms. The molecule has 0 aliphatic carbocycles. The number of hydrogen-bond acceptors (Lipinski definition) is 5. The van der Waals surface area contributed by atoms with Crippen molar-refractivity contribution in [2.24, 2.45) is 0 Å². The summed E-state index contributed by atoms with van der Waals surface area (Å²) in [6.45, 7) is 3.62. The largest absolute Gasteiger partial charge is 0.496 e. The maximum atomic E-state index is 10.1. The van der Waals surface area contributed by atoms with E-state index in [1.165, 1.54) is 6.92 Å². The van der Waals surface area contributed by atoms with Crippen LogP contribution in [0.5, 0.6) is 5.75 Å². The van der Waals surface area contributed by atoms with E-state index in [0.717, 1.165) is 5.56 Å². The summed E-state index contributed by atoms with van der Waals surface area (Å²) in [5, 5.41) is 31.6. The highest BCUT2D eigenvalue weighted by Crippen LogP contribution is 2.25. The van der Waals surface area contributed by atoms with Gasteiger partial charge in [-0.15, -0.1) is 0 Å². The van der Waals surface area contributed by atoms with Gasteiger partial charge < -0.3 is 25.4 Å². The molecule has 0 bridgehead atoms. The number of ether oxygens (including phenoxy) is 1. The average Bonchev–Trinajstić information content (AvgIpc) is 2.38. The van der Waals surface area contributed by atoms with Crippen molar-refractivity contribution in [2.45, 2.75) is 25.6 Å². The zero-order valence-electron chi connectivity index (χ0n) is 11.7. The highest BCUT2D eigenvalue weighted by molar-refractivity contribution is 5.38. The molecular weight excluding hydrogens is 246 g/mol. The van der Waals surface area contributed by atoms with Crippen LogP contribution >= 0.6 is 0 Å². The fraction of sp³-hybridized carbons (Fsp3) is 0.571. The Morgan fingerprint density at radius 2 is 2.11 bits per heavy atom. The van der Waals surface area contributed by atoms with Gasteiger partial charge in [-0.3, -0.25) is 0 Å². The second-order valence-corrected chi connectivity index (χ2v) is 5.05. The van der Waals surface area contributed by atoms with Crippen molar-refractivity contribution in [2.75, 3.05) is 26.8 Å². The Labute approximate surface area is 113 Å². The summed E-state index contributed by atoms with van der Waals surface area (Å²) in [5.41, 5.74) is 0.562. The van der Waals surface area contributed by atoms with Crippen LogP contribution in [0.3, 0.4) is 0 Å². The molecule has 108 valence electrons. The van der Waals surface area contributed by atoms with E-state index in [1.54, 1.807) is 7.11 Å². The molecule has 0 aliphatic heterocycles. The summed E-state index contributed by atoms with van der Waals surface area (Å²) >= 11 is 0. The third kappa shape index (κ3) is 4.80. The minimum atomic E-state index is -1.18. The topological polar surface area (TPSA) is 82.0 Å². The molecule has 0 saturated carbocycles. The number of aliphatic hydroxyl groups is 3. The maximum Gasteiger partial charge on any atom is 0.124 e. The van der Waals surface area contributed by atoms with E-state index >= 15 is 0 Å². The van der Waals surface area contributed by atoms with Gasteiger partial charge in [-0.2, -0.15) is 0 Å². The van der Waals surface area contributed by atoms with Crippen molar-refractivity contribution >= 4 is 0 Å². The lowest BCUT2D eigenvalue weighted by molar-refractivity contribution is 0.000692. The van der Waals surface area contributed by atoms with E-state index in [2.05, 4.69) is 5.32 Å². The van der Waals surface area contributed by atoms with Crippen LogP contribution < -0.4 is 10.1 Å². The van der Waals surface area contributed by atoms with Crippen molar-refractivity contribution in [1.29, 1.82) is 0 Å². The van der Waals surface area contributed by atoms with Crippen LogP contribution in [0.4, 0.5) is 0 Å². The summed E-state index contributed by atoms with van der Waals surface area (Å²) in [4.78, 5) is 0. The third-order valence-electron chi connectivity index (χ3n) is 2.93. The highest BCUT2D eigenvalue weighted by atomic mass is 16.5. The normalized spacial score (nSPS) is 15.9. The second kappa shape index (κ2) is 6.86. The molecule has 0 fully saturated rings. The van der Waals surface area contributed by atoms with Gasteiger partial charge in [0.25, 0.3) is 0 Å². The fourth-order valence-electron chi connectivity index (χ4n) is 1.76. The van der Waals surface area contributed by atoms with Gasteiger partial charge in [0.05, 0.1) is 25.4 Å². The molecule has 2 unspecified atom stereocenters. The molecule has 4 N–H and O–H groups in total. The van der Waals surface area contributed by atoms with E-state index < -0.39 is 11.7 Å². The molecule has 0 heterocycles. The minimum absolute atomic E-state index is 0.203. The lowest BCUT2D eigenvalue weighted by Gasteiger charge is -2.22. The first-order chi connectivity index (χ1) is 8.89. The first-order valence-corrected chi connectivity index (χ1v) is 6.26. The maximum absolute atomic E-state index is 10.1. The summed E-state index contributed by atoms with van der Waals surface area (Å²) in [6, 6.07) is 5.60. The van der Waals surface area contributed by atoms with Crippen LogP contribution in [-0.2, 0) is 0 Å². The van der Waals surface area contributed by atoms with E-state index in [0.29, 0.717) is 11.3 Å². The predicted molar refractivity (Wildman–Crippen MR) is 73.3 cm³/mol. The Balaban J connectivity index is 2.63. The Bertz CT molecular complexity index is 406. The quantitative estimate of drug-likeness (QED) is 0.575. The van der Waals surface area contributed by atoms with Gasteiger partial charge in [0.2, 0.25) is 0 Å². The Hall–Kier alpha value is -1.14. The van der Waals surface area contributed by atoms with Crippen LogP contribution in [0.25, 0.3) is 0 Å². The Morgan fingerprint density at radius 1 is 1.42 bits per heavy atom. The van der Waals surface area contributed by atoms with Crippen LogP contribution in [-0.4, -0.2) is 47.7 Å². The van der Waals surface area contributed by atoms with Gasteiger partial charge >= 0.3 is 0 Å². The minimum Gasteiger partial charge on any atom is -0.496 e. The molecule has 5 heteroatoms. The monoisotopic (exact) mass is 269 g/mol. The Kier molecular flexibility index (Phi) is 5.75. The Morgan fingerprint density at radius 3 is 2.68 bits per heavy atom. The molecule has 1 aromatic rings. The smallest absolute Gasteiger partial charge is 0.124 e. The molecule has 0 aliphatic rings. The van der Waals surface area contributed by atoms with Gasteiger partial charge in [0.1, 0.15) is 5.75 Å². The first kappa shape index (κ1) is 15.9. The SMILES string of the molecule is COc1ccc(C)cc1C(O)CNCC(C)(O)CO. The van der Waals surface area contributed by atoms with Crippen molar-refractivity contribution < 1.29 is 20.1 Å². The van der Waals surface area contributed by atoms with Gasteiger partial charge in [-0.25, -0.2) is 0 Å². The molecule has 0 radical (unpaired) electrons. The lowest BCUT2D eigenvalue weighted by atomic mass is 10.0. The molecule has 1 aromatic carbocycles. The zero-order chi connectivity index (χ0) is 14.5. The number of aryl methyl sites for hydroxylation is 1. The van der Waals surface area contributed by atoms with E-state index in [4.69, 9.17) is 9.84 Å². The van der Waals surface area contributed by atoms with Crippen molar-refractivity contribution in [3.63, 3.8) is 0 Å². The molecule has 0 saturated heterocycles. The number of hydrogen-bond donors (Lipinski definition) is 4. The highest BCUT2D eigenvalue weighted by Gasteiger charge is 2.20. The molecule has 0 amide bonds. The molecule has 2 atom stereocenters. The standard InChI is InChI=1S/C14H23NO4/c1-10-4-5-13(19-3)11(6-10)12(17)7-15-8-14(2,18)9-16/h4-6,12,15-18H,7-9H2,1-3H3.